The average Bonchev–Trinajstić information content (AvgIpc) is 2.78. The normalized spacial score (nSPS) is 20.9. The van der Waals surface area contributed by atoms with Gasteiger partial charge >= 0.3 is 0 Å². The molecule has 0 radical (unpaired) electrons. The number of fused-ring (bicyclic) bond motifs is 3. The summed E-state index contributed by atoms with van der Waals surface area (Å²) in [5.41, 5.74) is 3.69. The number of nitrogens with one attached hydrogen (secondary N) is 1. The molecule has 1 unspecified atom stereocenters. The predicted molar refractivity (Wildman–Crippen MR) is 71.2 cm³/mol. The third-order valence-corrected chi connectivity index (χ3v) is 4.02. The number of amides is 1. The molecule has 1 N–H and O–H groups in total. The molecule has 16 heavy (non-hydrogen) atoms. The molecule has 2 heterocycles. The fourth-order valence-corrected chi connectivity index (χ4v) is 3.12. The van der Waals surface area contributed by atoms with Crippen molar-refractivity contribution in [3.63, 3.8) is 0 Å². The number of hydrogen-bond donors (Lipinski definition) is 1. The van der Waals surface area contributed by atoms with Gasteiger partial charge in [-0.05, 0) is 18.4 Å². The van der Waals surface area contributed by atoms with Gasteiger partial charge in [0.2, 0.25) is 5.91 Å². The number of hydrogen-bond acceptors (Lipinski definition) is 4. The second-order valence-corrected chi connectivity index (χ2v) is 5.03. The summed E-state index contributed by atoms with van der Waals surface area (Å²) in [4.78, 5) is 16.7. The number of thioether (sulfide) groups is 1. The standard InChI is InChI=1S/C11H8N2OS2/c1-16-10-9-6(13-11(10)14)3-2-5-8(9)7(15)4-12-5/h2-4,10H,1H3,(H,13,14). The van der Waals surface area contributed by atoms with Gasteiger partial charge in [-0.3, -0.25) is 9.79 Å². The van der Waals surface area contributed by atoms with E-state index in [1.807, 2.05) is 18.4 Å². The van der Waals surface area contributed by atoms with Crippen LogP contribution in [0, 0.1) is 0 Å². The van der Waals surface area contributed by atoms with Gasteiger partial charge in [0.15, 0.2) is 0 Å². The van der Waals surface area contributed by atoms with Crippen LogP contribution in [0.15, 0.2) is 17.1 Å². The number of carbonyl (C=O) groups is 1. The highest BCUT2D eigenvalue weighted by Crippen LogP contribution is 2.45. The quantitative estimate of drug-likeness (QED) is 0.776. The molecule has 3 rings (SSSR count). The lowest BCUT2D eigenvalue weighted by Gasteiger charge is -2.09. The molecule has 0 aromatic heterocycles. The Kier molecular flexibility index (Phi) is 2.12. The Morgan fingerprint density at radius 1 is 1.50 bits per heavy atom. The van der Waals surface area contributed by atoms with Crippen LogP contribution in [0.4, 0.5) is 11.4 Å². The molecule has 0 spiro atoms. The number of aliphatic imine (C=N–C) groups is 1. The van der Waals surface area contributed by atoms with Crippen LogP contribution >= 0.6 is 24.0 Å². The van der Waals surface area contributed by atoms with Crippen molar-refractivity contribution in [1.29, 1.82) is 0 Å². The van der Waals surface area contributed by atoms with Crippen LogP contribution in [0.3, 0.4) is 0 Å². The van der Waals surface area contributed by atoms with Crippen LogP contribution in [-0.4, -0.2) is 23.2 Å². The Labute approximate surface area is 102 Å². The Bertz CT molecular complexity index is 551. The van der Waals surface area contributed by atoms with Crippen molar-refractivity contribution in [3.8, 4) is 0 Å². The lowest BCUT2D eigenvalue weighted by atomic mass is 10.0. The molecule has 1 amide bonds. The first kappa shape index (κ1) is 9.99. The summed E-state index contributed by atoms with van der Waals surface area (Å²) in [6.07, 6.45) is 3.61. The molecule has 5 heteroatoms. The van der Waals surface area contributed by atoms with Crippen molar-refractivity contribution in [2.24, 2.45) is 4.99 Å². The highest BCUT2D eigenvalue weighted by molar-refractivity contribution is 7.99. The summed E-state index contributed by atoms with van der Waals surface area (Å²) in [6, 6.07) is 3.79. The SMILES string of the molecule is CSC1C(=O)Nc2ccc3c(c21)C(=S)C=N3. The Hall–Kier alpha value is -1.20. The molecule has 1 aromatic carbocycles. The number of benzene rings is 1. The molecule has 1 aromatic rings. The molecule has 2 aliphatic heterocycles. The van der Waals surface area contributed by atoms with Crippen molar-refractivity contribution in [3.05, 3.63) is 23.3 Å². The summed E-state index contributed by atoms with van der Waals surface area (Å²) in [5, 5.41) is 2.71. The second-order valence-electron chi connectivity index (χ2n) is 3.65. The van der Waals surface area contributed by atoms with E-state index in [9.17, 15) is 4.79 Å². The summed E-state index contributed by atoms with van der Waals surface area (Å²) in [5.74, 6) is 0.0330. The van der Waals surface area contributed by atoms with Gasteiger partial charge in [-0.2, -0.15) is 0 Å². The summed E-state index contributed by atoms with van der Waals surface area (Å²) >= 11 is 6.78. The Balaban J connectivity index is 2.27. The molecular formula is C11H8N2OS2. The van der Waals surface area contributed by atoms with E-state index < -0.39 is 0 Å². The summed E-state index contributed by atoms with van der Waals surface area (Å²) < 4.78 is 0. The van der Waals surface area contributed by atoms with E-state index in [1.165, 1.54) is 11.8 Å². The van der Waals surface area contributed by atoms with Gasteiger partial charge in [0, 0.05) is 23.0 Å². The van der Waals surface area contributed by atoms with Crippen LogP contribution in [0.2, 0.25) is 0 Å². The van der Waals surface area contributed by atoms with Crippen molar-refractivity contribution < 1.29 is 4.79 Å². The third kappa shape index (κ3) is 1.18. The molecule has 0 saturated heterocycles. The molecule has 3 nitrogen and oxygen atoms in total. The molecular weight excluding hydrogens is 240 g/mol. The molecule has 0 aliphatic carbocycles. The minimum absolute atomic E-state index is 0.0330. The minimum atomic E-state index is -0.162. The van der Waals surface area contributed by atoms with E-state index in [4.69, 9.17) is 12.2 Å². The molecule has 0 bridgehead atoms. The van der Waals surface area contributed by atoms with Gasteiger partial charge in [0.25, 0.3) is 0 Å². The van der Waals surface area contributed by atoms with E-state index in [1.54, 1.807) is 6.21 Å². The molecule has 0 fully saturated rings. The third-order valence-electron chi connectivity index (χ3n) is 2.78. The fourth-order valence-electron chi connectivity index (χ4n) is 2.10. The van der Waals surface area contributed by atoms with Gasteiger partial charge < -0.3 is 5.32 Å². The lowest BCUT2D eigenvalue weighted by molar-refractivity contribution is -0.115. The van der Waals surface area contributed by atoms with Gasteiger partial charge in [-0.15, -0.1) is 11.8 Å². The van der Waals surface area contributed by atoms with Gasteiger partial charge in [-0.1, -0.05) is 12.2 Å². The van der Waals surface area contributed by atoms with Crippen molar-refractivity contribution >= 4 is 52.3 Å². The second kappa shape index (κ2) is 3.40. The Morgan fingerprint density at radius 3 is 3.06 bits per heavy atom. The highest BCUT2D eigenvalue weighted by atomic mass is 32.2. The lowest BCUT2D eigenvalue weighted by Crippen LogP contribution is -2.09. The summed E-state index contributed by atoms with van der Waals surface area (Å²) in [6.45, 7) is 0. The maximum atomic E-state index is 11.8. The first-order chi connectivity index (χ1) is 7.72. The van der Waals surface area contributed by atoms with E-state index in [2.05, 4.69) is 10.3 Å². The molecule has 1 atom stereocenters. The number of nitrogens with zero attached hydrogens (tertiary/aromatic N) is 1. The number of thiocarbonyl (C=S) groups is 1. The largest absolute Gasteiger partial charge is 0.324 e. The maximum Gasteiger partial charge on any atom is 0.242 e. The highest BCUT2D eigenvalue weighted by Gasteiger charge is 2.35. The fraction of sp³-hybridized carbons (Fsp3) is 0.182. The van der Waals surface area contributed by atoms with Gasteiger partial charge in [0.05, 0.1) is 10.6 Å². The van der Waals surface area contributed by atoms with Crippen LogP contribution < -0.4 is 5.32 Å². The van der Waals surface area contributed by atoms with E-state index in [-0.39, 0.29) is 11.2 Å². The van der Waals surface area contributed by atoms with Crippen molar-refractivity contribution in [2.45, 2.75) is 5.25 Å². The smallest absolute Gasteiger partial charge is 0.242 e. The van der Waals surface area contributed by atoms with Gasteiger partial charge in [-0.25, -0.2) is 0 Å². The first-order valence-corrected chi connectivity index (χ1v) is 6.51. The van der Waals surface area contributed by atoms with Crippen molar-refractivity contribution in [1.82, 2.24) is 0 Å². The molecule has 80 valence electrons. The van der Waals surface area contributed by atoms with E-state index >= 15 is 0 Å². The average molecular weight is 248 g/mol. The van der Waals surface area contributed by atoms with Crippen LogP contribution in [0.5, 0.6) is 0 Å². The molecule has 2 aliphatic rings. The number of anilines is 1. The minimum Gasteiger partial charge on any atom is -0.324 e. The topological polar surface area (TPSA) is 41.5 Å². The molecule has 0 saturated carbocycles. The number of carbonyl (C=O) groups excluding carboxylic acids is 1. The predicted octanol–water partition coefficient (Wildman–Crippen LogP) is 2.48. The zero-order chi connectivity index (χ0) is 11.3. The Morgan fingerprint density at radius 2 is 2.31 bits per heavy atom. The zero-order valence-electron chi connectivity index (χ0n) is 8.48. The maximum absolute atomic E-state index is 11.8. The number of rotatable bonds is 1. The van der Waals surface area contributed by atoms with Crippen LogP contribution in [0.1, 0.15) is 16.4 Å². The summed E-state index contributed by atoms with van der Waals surface area (Å²) in [7, 11) is 0. The zero-order valence-corrected chi connectivity index (χ0v) is 10.1. The monoisotopic (exact) mass is 248 g/mol. The van der Waals surface area contributed by atoms with E-state index in [0.717, 1.165) is 27.4 Å². The first-order valence-electron chi connectivity index (χ1n) is 4.81. The van der Waals surface area contributed by atoms with E-state index in [0.29, 0.717) is 0 Å². The van der Waals surface area contributed by atoms with Crippen LogP contribution in [0.25, 0.3) is 0 Å². The van der Waals surface area contributed by atoms with Gasteiger partial charge in [0.1, 0.15) is 5.25 Å². The van der Waals surface area contributed by atoms with Crippen molar-refractivity contribution in [2.75, 3.05) is 11.6 Å². The van der Waals surface area contributed by atoms with Crippen LogP contribution in [-0.2, 0) is 4.79 Å².